The number of benzene rings is 1. The van der Waals surface area contributed by atoms with Gasteiger partial charge in [0.2, 0.25) is 0 Å². The van der Waals surface area contributed by atoms with Crippen LogP contribution in [0.1, 0.15) is 30.6 Å². The summed E-state index contributed by atoms with van der Waals surface area (Å²) in [7, 11) is 0. The lowest BCUT2D eigenvalue weighted by Crippen LogP contribution is -2.40. The Bertz CT molecular complexity index is 421. The minimum absolute atomic E-state index is 0.203. The molecule has 0 bridgehead atoms. The highest BCUT2D eigenvalue weighted by atomic mass is 79.9. The molecule has 1 rings (SSSR count). The van der Waals surface area contributed by atoms with Crippen molar-refractivity contribution in [3.05, 3.63) is 33.3 Å². The van der Waals surface area contributed by atoms with Gasteiger partial charge in [0.25, 0.3) is 5.91 Å². The van der Waals surface area contributed by atoms with Crippen LogP contribution in [0.2, 0.25) is 5.02 Å². The summed E-state index contributed by atoms with van der Waals surface area (Å²) in [4.78, 5) is 11.8. The average molecular weight is 321 g/mol. The van der Waals surface area contributed by atoms with E-state index in [0.717, 1.165) is 4.47 Å². The van der Waals surface area contributed by atoms with Gasteiger partial charge in [-0.25, -0.2) is 0 Å². The summed E-state index contributed by atoms with van der Waals surface area (Å²) >= 11 is 9.23. The van der Waals surface area contributed by atoms with E-state index in [0.29, 0.717) is 17.0 Å². The van der Waals surface area contributed by atoms with Crippen molar-refractivity contribution >= 4 is 33.4 Å². The average Bonchev–Trinajstić information content (AvgIpc) is 2.26. The normalized spacial score (nSPS) is 14.2. The van der Waals surface area contributed by atoms with Crippen LogP contribution in [-0.2, 0) is 0 Å². The molecule has 5 heteroatoms. The Morgan fingerprint density at radius 2 is 2.24 bits per heavy atom. The van der Waals surface area contributed by atoms with E-state index in [-0.39, 0.29) is 12.5 Å². The Hall–Kier alpha value is -0.580. The van der Waals surface area contributed by atoms with Crippen molar-refractivity contribution in [1.29, 1.82) is 0 Å². The fourth-order valence-corrected chi connectivity index (χ4v) is 1.92. The summed E-state index contributed by atoms with van der Waals surface area (Å²) in [5.74, 6) is -0.281. The van der Waals surface area contributed by atoms with Gasteiger partial charge < -0.3 is 10.4 Å². The van der Waals surface area contributed by atoms with Gasteiger partial charge in [-0.05, 0) is 31.5 Å². The van der Waals surface area contributed by atoms with E-state index in [4.69, 9.17) is 11.6 Å². The molecule has 1 aromatic carbocycles. The van der Waals surface area contributed by atoms with Crippen LogP contribution >= 0.6 is 27.5 Å². The van der Waals surface area contributed by atoms with Gasteiger partial charge in [-0.2, -0.15) is 0 Å². The first-order valence-corrected chi connectivity index (χ1v) is 6.48. The zero-order chi connectivity index (χ0) is 13.1. The van der Waals surface area contributed by atoms with Gasteiger partial charge in [-0.1, -0.05) is 34.5 Å². The molecule has 1 atom stereocenters. The standard InChI is InChI=1S/C12H15BrClNO2/c1-3-12(2,17)7-15-11(16)9-5-4-8(13)6-10(9)14/h4-6,17H,3,7H2,1-2H3,(H,15,16). The number of hydrogen-bond acceptors (Lipinski definition) is 2. The molecule has 1 amide bonds. The number of nitrogens with one attached hydrogen (secondary N) is 1. The first-order valence-electron chi connectivity index (χ1n) is 5.31. The molecule has 0 saturated carbocycles. The van der Waals surface area contributed by atoms with Crippen molar-refractivity contribution in [1.82, 2.24) is 5.32 Å². The quantitative estimate of drug-likeness (QED) is 0.896. The molecule has 0 fully saturated rings. The lowest BCUT2D eigenvalue weighted by molar-refractivity contribution is 0.0518. The van der Waals surface area contributed by atoms with E-state index in [1.54, 1.807) is 25.1 Å². The highest BCUT2D eigenvalue weighted by Crippen LogP contribution is 2.21. The van der Waals surface area contributed by atoms with Crippen LogP contribution in [0.4, 0.5) is 0 Å². The maximum Gasteiger partial charge on any atom is 0.252 e. The van der Waals surface area contributed by atoms with Crippen molar-refractivity contribution in [3.8, 4) is 0 Å². The Kier molecular flexibility index (Phi) is 4.98. The Morgan fingerprint density at radius 1 is 1.59 bits per heavy atom. The third kappa shape index (κ3) is 4.30. The van der Waals surface area contributed by atoms with E-state index in [2.05, 4.69) is 21.2 Å². The van der Waals surface area contributed by atoms with Gasteiger partial charge in [0.05, 0.1) is 16.2 Å². The largest absolute Gasteiger partial charge is 0.388 e. The van der Waals surface area contributed by atoms with E-state index in [1.807, 2.05) is 6.92 Å². The zero-order valence-electron chi connectivity index (χ0n) is 9.76. The molecule has 1 aromatic rings. The minimum atomic E-state index is -0.891. The lowest BCUT2D eigenvalue weighted by atomic mass is 10.0. The van der Waals surface area contributed by atoms with Crippen molar-refractivity contribution in [2.24, 2.45) is 0 Å². The molecular weight excluding hydrogens is 305 g/mol. The molecule has 0 heterocycles. The molecule has 0 saturated heterocycles. The fraction of sp³-hybridized carbons (Fsp3) is 0.417. The number of halogens is 2. The van der Waals surface area contributed by atoms with Gasteiger partial charge in [0, 0.05) is 11.0 Å². The Morgan fingerprint density at radius 3 is 2.76 bits per heavy atom. The molecule has 2 N–H and O–H groups in total. The maximum atomic E-state index is 11.8. The first-order chi connectivity index (χ1) is 7.85. The van der Waals surface area contributed by atoms with Crippen LogP contribution in [0.3, 0.4) is 0 Å². The molecule has 0 aliphatic carbocycles. The van der Waals surface area contributed by atoms with E-state index in [1.165, 1.54) is 0 Å². The molecule has 17 heavy (non-hydrogen) atoms. The third-order valence-electron chi connectivity index (χ3n) is 2.57. The second-order valence-corrected chi connectivity index (χ2v) is 5.48. The van der Waals surface area contributed by atoms with Gasteiger partial charge in [-0.15, -0.1) is 0 Å². The number of carbonyl (C=O) groups excluding carboxylic acids is 1. The second-order valence-electron chi connectivity index (χ2n) is 4.16. The van der Waals surface area contributed by atoms with Crippen LogP contribution < -0.4 is 5.32 Å². The van der Waals surface area contributed by atoms with E-state index < -0.39 is 5.60 Å². The molecular formula is C12H15BrClNO2. The van der Waals surface area contributed by atoms with E-state index >= 15 is 0 Å². The smallest absolute Gasteiger partial charge is 0.252 e. The minimum Gasteiger partial charge on any atom is -0.388 e. The van der Waals surface area contributed by atoms with Crippen molar-refractivity contribution < 1.29 is 9.90 Å². The van der Waals surface area contributed by atoms with Crippen LogP contribution in [-0.4, -0.2) is 23.2 Å². The number of amides is 1. The maximum absolute atomic E-state index is 11.8. The predicted molar refractivity (Wildman–Crippen MR) is 72.4 cm³/mol. The van der Waals surface area contributed by atoms with Crippen LogP contribution in [0.5, 0.6) is 0 Å². The highest BCUT2D eigenvalue weighted by molar-refractivity contribution is 9.10. The molecule has 0 radical (unpaired) electrons. The number of carbonyl (C=O) groups is 1. The summed E-state index contributed by atoms with van der Waals surface area (Å²) in [5, 5.41) is 12.8. The topological polar surface area (TPSA) is 49.3 Å². The van der Waals surface area contributed by atoms with Crippen molar-refractivity contribution in [3.63, 3.8) is 0 Å². The Labute approximate surface area is 114 Å². The van der Waals surface area contributed by atoms with Crippen molar-refractivity contribution in [2.45, 2.75) is 25.9 Å². The molecule has 0 aromatic heterocycles. The molecule has 0 aliphatic heterocycles. The monoisotopic (exact) mass is 319 g/mol. The molecule has 0 aliphatic rings. The lowest BCUT2D eigenvalue weighted by Gasteiger charge is -2.21. The molecule has 1 unspecified atom stereocenters. The van der Waals surface area contributed by atoms with Gasteiger partial charge in [-0.3, -0.25) is 4.79 Å². The number of aliphatic hydroxyl groups is 1. The van der Waals surface area contributed by atoms with Crippen LogP contribution in [0.15, 0.2) is 22.7 Å². The van der Waals surface area contributed by atoms with Gasteiger partial charge in [0.15, 0.2) is 0 Å². The summed E-state index contributed by atoms with van der Waals surface area (Å²) in [5.41, 5.74) is -0.487. The van der Waals surface area contributed by atoms with Crippen LogP contribution in [0.25, 0.3) is 0 Å². The molecule has 94 valence electrons. The van der Waals surface area contributed by atoms with Crippen molar-refractivity contribution in [2.75, 3.05) is 6.54 Å². The summed E-state index contributed by atoms with van der Waals surface area (Å²) in [6.45, 7) is 3.74. The molecule has 3 nitrogen and oxygen atoms in total. The van der Waals surface area contributed by atoms with Gasteiger partial charge >= 0.3 is 0 Å². The Balaban J connectivity index is 2.71. The SMILES string of the molecule is CCC(C)(O)CNC(=O)c1ccc(Br)cc1Cl. The number of rotatable bonds is 4. The first kappa shape index (κ1) is 14.5. The number of hydrogen-bond donors (Lipinski definition) is 2. The van der Waals surface area contributed by atoms with E-state index in [9.17, 15) is 9.90 Å². The highest BCUT2D eigenvalue weighted by Gasteiger charge is 2.19. The zero-order valence-corrected chi connectivity index (χ0v) is 12.1. The third-order valence-corrected chi connectivity index (χ3v) is 3.37. The fourth-order valence-electron chi connectivity index (χ4n) is 1.16. The van der Waals surface area contributed by atoms with Gasteiger partial charge in [0.1, 0.15) is 0 Å². The predicted octanol–water partition coefficient (Wildman–Crippen LogP) is 2.99. The molecule has 0 spiro atoms. The second kappa shape index (κ2) is 5.85. The summed E-state index contributed by atoms with van der Waals surface area (Å²) in [6.07, 6.45) is 0.571. The summed E-state index contributed by atoms with van der Waals surface area (Å²) in [6, 6.07) is 5.05. The summed E-state index contributed by atoms with van der Waals surface area (Å²) < 4.78 is 0.819. The van der Waals surface area contributed by atoms with Crippen LogP contribution in [0, 0.1) is 0 Å².